The summed E-state index contributed by atoms with van der Waals surface area (Å²) in [6.45, 7) is 10.1. The van der Waals surface area contributed by atoms with E-state index in [4.69, 9.17) is 4.74 Å². The smallest absolute Gasteiger partial charge is 0.222 e. The van der Waals surface area contributed by atoms with Gasteiger partial charge in [0.2, 0.25) is 5.91 Å². The third kappa shape index (κ3) is 4.84. The lowest BCUT2D eigenvalue weighted by Crippen LogP contribution is -2.49. The molecule has 2 aliphatic rings. The zero-order chi connectivity index (χ0) is 18.5. The number of nitrogens with one attached hydrogen (secondary N) is 1. The van der Waals surface area contributed by atoms with E-state index in [2.05, 4.69) is 15.1 Å². The molecule has 0 saturated carbocycles. The molecule has 2 N–H and O–H groups in total. The van der Waals surface area contributed by atoms with Crippen LogP contribution in [-0.2, 0) is 16.0 Å². The number of morpholine rings is 1. The van der Waals surface area contributed by atoms with Crippen LogP contribution in [0.1, 0.15) is 29.8 Å². The highest BCUT2D eigenvalue weighted by atomic mass is 16.5. The average molecular weight is 364 g/mol. The van der Waals surface area contributed by atoms with Crippen LogP contribution < -0.4 is 0 Å². The van der Waals surface area contributed by atoms with E-state index in [-0.39, 0.29) is 18.4 Å². The van der Waals surface area contributed by atoms with Gasteiger partial charge in [-0.25, -0.2) is 0 Å². The summed E-state index contributed by atoms with van der Waals surface area (Å²) in [5.74, 6) is 0.812. The molecule has 0 aromatic carbocycles. The first-order chi connectivity index (χ1) is 12.6. The largest absolute Gasteiger partial charge is 0.396 e. The number of likely N-dealkylation sites (tertiary alicyclic amines) is 1. The first-order valence-corrected chi connectivity index (χ1v) is 9.76. The number of rotatable bonds is 6. The van der Waals surface area contributed by atoms with Crippen LogP contribution in [0.2, 0.25) is 0 Å². The summed E-state index contributed by atoms with van der Waals surface area (Å²) in [7, 11) is 0. The van der Waals surface area contributed by atoms with E-state index in [9.17, 15) is 9.90 Å². The van der Waals surface area contributed by atoms with Crippen LogP contribution in [0.5, 0.6) is 0 Å². The van der Waals surface area contributed by atoms with E-state index < -0.39 is 0 Å². The number of piperidine rings is 1. The van der Waals surface area contributed by atoms with Crippen LogP contribution >= 0.6 is 0 Å². The second-order valence-corrected chi connectivity index (χ2v) is 7.77. The maximum atomic E-state index is 12.8. The van der Waals surface area contributed by atoms with Gasteiger partial charge >= 0.3 is 0 Å². The van der Waals surface area contributed by atoms with E-state index >= 15 is 0 Å². The lowest BCUT2D eigenvalue weighted by Gasteiger charge is -2.40. The van der Waals surface area contributed by atoms with Gasteiger partial charge in [-0.2, -0.15) is 5.10 Å². The van der Waals surface area contributed by atoms with Crippen molar-refractivity contribution in [2.45, 2.75) is 33.1 Å². The molecule has 2 aliphatic heterocycles. The van der Waals surface area contributed by atoms with Crippen molar-refractivity contribution in [3.63, 3.8) is 0 Å². The fourth-order valence-electron chi connectivity index (χ4n) is 4.27. The molecule has 146 valence electrons. The number of aromatic amines is 1. The number of aliphatic hydroxyl groups is 1. The SMILES string of the molecule is Cc1n[nH]c(C)c1CCC(=O)N1C[C@H](CO)C[C@H](CN2CCOCC2)C1. The maximum Gasteiger partial charge on any atom is 0.222 e. The van der Waals surface area contributed by atoms with Gasteiger partial charge in [-0.3, -0.25) is 14.8 Å². The third-order valence-corrected chi connectivity index (χ3v) is 5.72. The van der Waals surface area contributed by atoms with E-state index in [0.717, 1.165) is 69.2 Å². The minimum atomic E-state index is 0.156. The number of ether oxygens (including phenoxy) is 1. The number of carbonyl (C=O) groups is 1. The molecule has 0 unspecified atom stereocenters. The van der Waals surface area contributed by atoms with Gasteiger partial charge in [0.15, 0.2) is 0 Å². The molecule has 1 amide bonds. The number of aliphatic hydroxyl groups excluding tert-OH is 1. The second-order valence-electron chi connectivity index (χ2n) is 7.77. The second kappa shape index (κ2) is 8.97. The molecular formula is C19H32N4O3. The fraction of sp³-hybridized carbons (Fsp3) is 0.789. The summed E-state index contributed by atoms with van der Waals surface area (Å²) >= 11 is 0. The van der Waals surface area contributed by atoms with Crippen LogP contribution in [0.4, 0.5) is 0 Å². The molecule has 0 aliphatic carbocycles. The zero-order valence-corrected chi connectivity index (χ0v) is 16.0. The van der Waals surface area contributed by atoms with Gasteiger partial charge in [0.25, 0.3) is 0 Å². The Hall–Kier alpha value is -1.44. The summed E-state index contributed by atoms with van der Waals surface area (Å²) in [6.07, 6.45) is 2.22. The Morgan fingerprint density at radius 3 is 2.65 bits per heavy atom. The van der Waals surface area contributed by atoms with Crippen LogP contribution in [-0.4, -0.2) is 83.6 Å². The van der Waals surface area contributed by atoms with Crippen molar-refractivity contribution >= 4 is 5.91 Å². The molecule has 3 heterocycles. The maximum absolute atomic E-state index is 12.8. The lowest BCUT2D eigenvalue weighted by molar-refractivity contribution is -0.134. The van der Waals surface area contributed by atoms with E-state index in [1.54, 1.807) is 0 Å². The molecule has 3 rings (SSSR count). The van der Waals surface area contributed by atoms with E-state index in [1.165, 1.54) is 0 Å². The summed E-state index contributed by atoms with van der Waals surface area (Å²) in [6, 6.07) is 0. The van der Waals surface area contributed by atoms with Gasteiger partial charge in [0.1, 0.15) is 0 Å². The Labute approximate surface area is 155 Å². The Kier molecular flexibility index (Phi) is 6.67. The van der Waals surface area contributed by atoms with Crippen molar-refractivity contribution in [2.75, 3.05) is 52.5 Å². The molecule has 0 radical (unpaired) electrons. The Morgan fingerprint density at radius 2 is 2.00 bits per heavy atom. The highest BCUT2D eigenvalue weighted by molar-refractivity contribution is 5.76. The predicted octanol–water partition coefficient (Wildman–Crippen LogP) is 0.748. The van der Waals surface area contributed by atoms with Gasteiger partial charge in [-0.1, -0.05) is 0 Å². The summed E-state index contributed by atoms with van der Waals surface area (Å²) < 4.78 is 5.42. The van der Waals surface area contributed by atoms with Crippen molar-refractivity contribution in [2.24, 2.45) is 11.8 Å². The summed E-state index contributed by atoms with van der Waals surface area (Å²) in [5, 5.41) is 16.9. The third-order valence-electron chi connectivity index (χ3n) is 5.72. The highest BCUT2D eigenvalue weighted by Gasteiger charge is 2.31. The number of aryl methyl sites for hydroxylation is 2. The monoisotopic (exact) mass is 364 g/mol. The number of hydrogen-bond donors (Lipinski definition) is 2. The molecule has 2 saturated heterocycles. The van der Waals surface area contributed by atoms with Crippen LogP contribution in [0, 0.1) is 25.7 Å². The zero-order valence-electron chi connectivity index (χ0n) is 16.0. The van der Waals surface area contributed by atoms with Crippen molar-refractivity contribution in [3.8, 4) is 0 Å². The summed E-state index contributed by atoms with van der Waals surface area (Å²) in [5.41, 5.74) is 3.18. The Bertz CT molecular complexity index is 578. The number of hydrogen-bond acceptors (Lipinski definition) is 5. The van der Waals surface area contributed by atoms with Crippen molar-refractivity contribution in [3.05, 3.63) is 17.0 Å². The minimum Gasteiger partial charge on any atom is -0.396 e. The molecule has 26 heavy (non-hydrogen) atoms. The van der Waals surface area contributed by atoms with Crippen molar-refractivity contribution in [1.82, 2.24) is 20.0 Å². The number of nitrogens with zero attached hydrogens (tertiary/aromatic N) is 3. The number of carbonyl (C=O) groups excluding carboxylic acids is 1. The molecule has 2 fully saturated rings. The standard InChI is InChI=1S/C19H32N4O3/c1-14-18(15(2)21-20-14)3-4-19(25)23-11-16(9-17(12-23)13-24)10-22-5-7-26-8-6-22/h16-17,24H,3-13H2,1-2H3,(H,20,21)/t16-,17-/m1/s1. The molecule has 0 bridgehead atoms. The molecule has 7 heteroatoms. The first-order valence-electron chi connectivity index (χ1n) is 9.76. The van der Waals surface area contributed by atoms with Crippen molar-refractivity contribution in [1.29, 1.82) is 0 Å². The fourth-order valence-corrected chi connectivity index (χ4v) is 4.27. The molecular weight excluding hydrogens is 332 g/mol. The first kappa shape index (κ1) is 19.3. The quantitative estimate of drug-likeness (QED) is 0.778. The predicted molar refractivity (Wildman–Crippen MR) is 98.9 cm³/mol. The normalized spacial score (nSPS) is 24.8. The molecule has 7 nitrogen and oxygen atoms in total. The van der Waals surface area contributed by atoms with Gasteiger partial charge in [0, 0.05) is 51.4 Å². The molecule has 1 aromatic rings. The Balaban J connectivity index is 1.55. The Morgan fingerprint density at radius 1 is 1.27 bits per heavy atom. The van der Waals surface area contributed by atoms with Crippen LogP contribution in [0.25, 0.3) is 0 Å². The number of H-pyrrole nitrogens is 1. The topological polar surface area (TPSA) is 81.7 Å². The van der Waals surface area contributed by atoms with Gasteiger partial charge in [0.05, 0.1) is 18.9 Å². The van der Waals surface area contributed by atoms with Crippen LogP contribution in [0.15, 0.2) is 0 Å². The van der Waals surface area contributed by atoms with E-state index in [0.29, 0.717) is 18.9 Å². The minimum absolute atomic E-state index is 0.156. The van der Waals surface area contributed by atoms with Gasteiger partial charge < -0.3 is 14.7 Å². The average Bonchev–Trinajstić information content (AvgIpc) is 2.98. The highest BCUT2D eigenvalue weighted by Crippen LogP contribution is 2.24. The molecule has 1 aromatic heterocycles. The molecule has 2 atom stereocenters. The van der Waals surface area contributed by atoms with Gasteiger partial charge in [-0.15, -0.1) is 0 Å². The van der Waals surface area contributed by atoms with E-state index in [1.807, 2.05) is 18.7 Å². The summed E-state index contributed by atoms with van der Waals surface area (Å²) in [4.78, 5) is 17.2. The lowest BCUT2D eigenvalue weighted by atomic mass is 9.88. The number of amides is 1. The molecule has 0 spiro atoms. The van der Waals surface area contributed by atoms with Crippen molar-refractivity contribution < 1.29 is 14.6 Å². The number of aromatic nitrogens is 2. The van der Waals surface area contributed by atoms with Crippen LogP contribution in [0.3, 0.4) is 0 Å². The van der Waals surface area contributed by atoms with Gasteiger partial charge in [-0.05, 0) is 44.1 Å².